The van der Waals surface area contributed by atoms with Crippen LogP contribution in [0.25, 0.3) is 38.8 Å². The van der Waals surface area contributed by atoms with E-state index < -0.39 is 0 Å². The zero-order valence-electron chi connectivity index (χ0n) is 41.2. The van der Waals surface area contributed by atoms with Crippen molar-refractivity contribution >= 4 is 55.9 Å². The van der Waals surface area contributed by atoms with Crippen molar-refractivity contribution in [2.75, 3.05) is 9.80 Å². The Morgan fingerprint density at radius 2 is 1.19 bits per heavy atom. The fourth-order valence-electron chi connectivity index (χ4n) is 10.0. The number of pyridine rings is 1. The first-order chi connectivity index (χ1) is 32.8. The summed E-state index contributed by atoms with van der Waals surface area (Å²) in [5.41, 5.74) is 16.2. The van der Waals surface area contributed by atoms with E-state index in [0.717, 1.165) is 61.7 Å². The summed E-state index contributed by atoms with van der Waals surface area (Å²) in [4.78, 5) is 9.40. The molecule has 0 N–H and O–H groups in total. The molecule has 1 aliphatic rings. The van der Waals surface area contributed by atoms with Crippen LogP contribution < -0.4 is 14.3 Å². The molecule has 0 amide bonds. The second-order valence-corrected chi connectivity index (χ2v) is 20.2. The molecule has 10 rings (SSSR count). The number of fused-ring (bicyclic) bond motifs is 3. The van der Waals surface area contributed by atoms with Gasteiger partial charge in [0.25, 0.3) is 0 Å². The third-order valence-electron chi connectivity index (χ3n) is 13.7. The Morgan fingerprint density at radius 1 is 0.565 bits per heavy atom. The van der Waals surface area contributed by atoms with Crippen LogP contribution >= 0.6 is 0 Å². The fourth-order valence-corrected chi connectivity index (χ4v) is 10.0. The first kappa shape index (κ1) is 47.5. The van der Waals surface area contributed by atoms with Crippen molar-refractivity contribution in [2.24, 2.45) is 0 Å². The Morgan fingerprint density at radius 3 is 1.84 bits per heavy atom. The molecule has 0 fully saturated rings. The Bertz CT molecular complexity index is 3230. The molecule has 2 aromatic heterocycles. The van der Waals surface area contributed by atoms with Crippen LogP contribution in [0.1, 0.15) is 102 Å². The van der Waals surface area contributed by atoms with E-state index in [2.05, 4.69) is 272 Å². The molecule has 0 radical (unpaired) electrons. The maximum absolute atomic E-state index is 5.01. The van der Waals surface area contributed by atoms with Gasteiger partial charge in [0.1, 0.15) is 17.2 Å². The summed E-state index contributed by atoms with van der Waals surface area (Å²) in [5.74, 6) is 2.13. The fraction of sp³-hybridized carbons (Fsp3) is 0.206. The normalized spacial score (nSPS) is 13.1. The minimum absolute atomic E-state index is 0. The molecule has 0 spiro atoms. The Labute approximate surface area is 424 Å². The van der Waals surface area contributed by atoms with Gasteiger partial charge < -0.3 is 14.4 Å². The van der Waals surface area contributed by atoms with E-state index in [1.54, 1.807) is 0 Å². The monoisotopic (exact) mass is 1080 g/mol. The van der Waals surface area contributed by atoms with Gasteiger partial charge >= 0.3 is 0 Å². The van der Waals surface area contributed by atoms with E-state index in [1.807, 2.05) is 6.20 Å². The summed E-state index contributed by atoms with van der Waals surface area (Å²) in [6, 6.07) is 67.5. The van der Waals surface area contributed by atoms with Crippen LogP contribution in [0.3, 0.4) is 0 Å². The summed E-state index contributed by atoms with van der Waals surface area (Å²) in [7, 11) is 0. The van der Waals surface area contributed by atoms with Gasteiger partial charge in [-0.05, 0) is 105 Å². The summed E-state index contributed by atoms with van der Waals surface area (Å²) >= 11 is 0. The summed E-state index contributed by atoms with van der Waals surface area (Å²) in [6.07, 6.45) is 6.22. The van der Waals surface area contributed by atoms with Crippen molar-refractivity contribution in [1.29, 1.82) is 0 Å². The zero-order valence-corrected chi connectivity index (χ0v) is 43.5. The number of nitrogens with zero attached hydrogens (tertiary/aromatic N) is 5. The minimum Gasteiger partial charge on any atom is -0.500 e. The number of rotatable bonds is 11. The number of quaternary nitrogens is 1. The number of hydrogen-bond donors (Lipinski definition) is 0. The SMILES string of the molecule is CC(C)c1cc(C(C)C)c(-c2cccc(N3C=CN(c4[c-]c([N+](c5[c-]c6c(cc5)c5ccccc5n6-c5cc(C(C)(C)C)ccn5)(c5ccccc5)c5ccccc5)ccc4)[CH-]3)c2)c(C(C)C)c1.[Pt]. The summed E-state index contributed by atoms with van der Waals surface area (Å²) in [5, 5.41) is 2.29. The second-order valence-electron chi connectivity index (χ2n) is 20.2. The van der Waals surface area contributed by atoms with Crippen LogP contribution in [0.4, 0.5) is 34.1 Å². The van der Waals surface area contributed by atoms with Crippen molar-refractivity contribution in [3.8, 4) is 16.9 Å². The predicted molar refractivity (Wildman–Crippen MR) is 288 cm³/mol. The molecule has 0 saturated carbocycles. The Balaban J connectivity index is 0.00000593. The first-order valence-corrected chi connectivity index (χ1v) is 24.2. The standard InChI is InChI=1S/C63H61N5.Pt/c1-43(2)47-37-57(44(3)4)62(58(38-47)45(5)6)46-20-18-21-49(36-46)65-34-35-66(42-65)50-22-19-27-53(40-50)68(51-23-12-10-13-24-51,52-25-14-11-15-26-52)54-30-31-56-55-28-16-17-29-59(55)67(60(56)41-54)61-39-48(32-33-64-61)63(7,8)9;/h10-39,42-45H,1-9H3;/q-2;. The molecule has 6 heteroatoms. The third-order valence-corrected chi connectivity index (χ3v) is 13.7. The van der Waals surface area contributed by atoms with Gasteiger partial charge in [0, 0.05) is 74.1 Å². The molecule has 0 atom stereocenters. The minimum atomic E-state index is -0.0447. The molecule has 3 heterocycles. The van der Waals surface area contributed by atoms with E-state index in [9.17, 15) is 0 Å². The topological polar surface area (TPSA) is 24.3 Å². The quantitative estimate of drug-likeness (QED) is 0.0953. The van der Waals surface area contributed by atoms with Crippen LogP contribution in [0, 0.1) is 18.8 Å². The maximum Gasteiger partial charge on any atom is 0.144 e. The molecule has 69 heavy (non-hydrogen) atoms. The van der Waals surface area contributed by atoms with Gasteiger partial charge in [-0.2, -0.15) is 12.1 Å². The van der Waals surface area contributed by atoms with Gasteiger partial charge in [0.05, 0.1) is 0 Å². The molecule has 5 nitrogen and oxygen atoms in total. The summed E-state index contributed by atoms with van der Waals surface area (Å²) in [6.45, 7) is 22.8. The molecule has 350 valence electrons. The molecular formula is C63H61N5Pt-2. The zero-order chi connectivity index (χ0) is 47.3. The van der Waals surface area contributed by atoms with Gasteiger partial charge in [-0.15, -0.1) is 30.3 Å². The summed E-state index contributed by atoms with van der Waals surface area (Å²) < 4.78 is 2.54. The van der Waals surface area contributed by atoms with Crippen molar-refractivity contribution in [3.05, 3.63) is 223 Å². The van der Waals surface area contributed by atoms with E-state index in [0.29, 0.717) is 17.8 Å². The van der Waals surface area contributed by atoms with Crippen molar-refractivity contribution in [2.45, 2.75) is 85.5 Å². The number of aromatic nitrogens is 2. The number of benzene rings is 7. The van der Waals surface area contributed by atoms with Gasteiger partial charge in [-0.3, -0.25) is 0 Å². The molecule has 1 aliphatic heterocycles. The first-order valence-electron chi connectivity index (χ1n) is 24.2. The molecule has 9 aromatic rings. The van der Waals surface area contributed by atoms with Crippen molar-refractivity contribution < 1.29 is 21.1 Å². The van der Waals surface area contributed by atoms with Gasteiger partial charge in [-0.1, -0.05) is 165 Å². The van der Waals surface area contributed by atoms with Crippen LogP contribution in [0.2, 0.25) is 0 Å². The largest absolute Gasteiger partial charge is 0.500 e. The van der Waals surface area contributed by atoms with E-state index in [4.69, 9.17) is 4.98 Å². The second kappa shape index (κ2) is 19.1. The van der Waals surface area contributed by atoms with Crippen molar-refractivity contribution in [1.82, 2.24) is 14.0 Å². The smallest absolute Gasteiger partial charge is 0.144 e. The van der Waals surface area contributed by atoms with Crippen LogP contribution in [0.5, 0.6) is 0 Å². The average Bonchev–Trinajstić information content (AvgIpc) is 3.98. The maximum atomic E-state index is 5.01. The average molecular weight is 1080 g/mol. The molecular weight excluding hydrogens is 1020 g/mol. The molecule has 0 unspecified atom stereocenters. The molecule has 7 aromatic carbocycles. The van der Waals surface area contributed by atoms with Crippen molar-refractivity contribution in [3.63, 3.8) is 0 Å². The third kappa shape index (κ3) is 8.66. The van der Waals surface area contributed by atoms with E-state index in [1.165, 1.54) is 33.4 Å². The van der Waals surface area contributed by atoms with Gasteiger partial charge in [0.2, 0.25) is 0 Å². The van der Waals surface area contributed by atoms with Crippen LogP contribution in [0.15, 0.2) is 182 Å². The van der Waals surface area contributed by atoms with E-state index in [-0.39, 0.29) is 31.0 Å². The molecule has 0 aliphatic carbocycles. The Hall–Kier alpha value is -6.52. The number of hydrogen-bond acceptors (Lipinski definition) is 3. The molecule has 0 saturated heterocycles. The molecule has 0 bridgehead atoms. The van der Waals surface area contributed by atoms with Crippen LogP contribution in [-0.2, 0) is 26.5 Å². The number of anilines is 2. The van der Waals surface area contributed by atoms with Gasteiger partial charge in [-0.25, -0.2) is 9.47 Å². The predicted octanol–water partition coefficient (Wildman–Crippen LogP) is 17.3. The number of para-hydroxylation sites is 3. The Kier molecular flexibility index (Phi) is 13.2. The van der Waals surface area contributed by atoms with Crippen LogP contribution in [-0.4, -0.2) is 9.55 Å². The van der Waals surface area contributed by atoms with Gasteiger partial charge in [0.15, 0.2) is 0 Å². The van der Waals surface area contributed by atoms with E-state index >= 15 is 0 Å².